The Morgan fingerprint density at radius 1 is 0.848 bits per heavy atom. The summed E-state index contributed by atoms with van der Waals surface area (Å²) in [6.07, 6.45) is 0. The van der Waals surface area contributed by atoms with Crippen LogP contribution in [0.1, 0.15) is 20.7 Å². The summed E-state index contributed by atoms with van der Waals surface area (Å²) in [5, 5.41) is 17.2. The van der Waals surface area contributed by atoms with Crippen LogP contribution < -0.4 is 20.1 Å². The summed E-state index contributed by atoms with van der Waals surface area (Å²) in [6, 6.07) is 12.8. The average molecular weight is 449 g/mol. The second-order valence-electron chi connectivity index (χ2n) is 7.07. The van der Waals surface area contributed by atoms with Crippen molar-refractivity contribution in [1.29, 1.82) is 0 Å². The molecule has 0 saturated heterocycles. The second kappa shape index (κ2) is 8.50. The van der Waals surface area contributed by atoms with Gasteiger partial charge in [-0.3, -0.25) is 14.9 Å². The first-order chi connectivity index (χ1) is 15.9. The van der Waals surface area contributed by atoms with E-state index in [-0.39, 0.29) is 28.7 Å². The fraction of sp³-hybridized carbons (Fsp3) is 0.130. The van der Waals surface area contributed by atoms with E-state index in [2.05, 4.69) is 10.6 Å². The van der Waals surface area contributed by atoms with Crippen molar-refractivity contribution >= 4 is 34.6 Å². The number of methoxy groups -OCH3 is 3. The molecule has 0 atom stereocenters. The molecule has 2 N–H and O–H groups in total. The minimum atomic E-state index is -0.597. The lowest BCUT2D eigenvalue weighted by atomic mass is 10.0. The Hall–Kier alpha value is -4.60. The molecule has 0 spiro atoms. The first-order valence-electron chi connectivity index (χ1n) is 9.71. The maximum absolute atomic E-state index is 12.8. The molecule has 10 heteroatoms. The van der Waals surface area contributed by atoms with E-state index in [1.165, 1.54) is 33.5 Å². The number of esters is 1. The number of hydrogen-bond donors (Lipinski definition) is 2. The highest BCUT2D eigenvalue weighted by Gasteiger charge is 2.24. The van der Waals surface area contributed by atoms with Crippen LogP contribution in [-0.2, 0) is 4.74 Å². The smallest absolute Gasteiger partial charge is 0.341 e. The standard InChI is InChI=1S/C23H19N3O7/c1-31-20-11-18-17(10-15(20)23(28)33-3)25-22(27)14-6-4-12(8-16(14)24-18)13-5-7-19(26(29)30)21(9-13)32-2/h4-11,24H,1-3H3,(H,25,27). The minimum absolute atomic E-state index is 0.128. The van der Waals surface area contributed by atoms with Gasteiger partial charge in [-0.1, -0.05) is 6.07 Å². The van der Waals surface area contributed by atoms with E-state index < -0.39 is 10.9 Å². The lowest BCUT2D eigenvalue weighted by Crippen LogP contribution is -2.12. The zero-order valence-corrected chi connectivity index (χ0v) is 17.9. The Balaban J connectivity index is 1.79. The Morgan fingerprint density at radius 3 is 2.18 bits per heavy atom. The summed E-state index contributed by atoms with van der Waals surface area (Å²) in [7, 11) is 4.05. The van der Waals surface area contributed by atoms with Gasteiger partial charge in [-0.05, 0) is 41.5 Å². The molecule has 0 fully saturated rings. The molecule has 0 aromatic heterocycles. The van der Waals surface area contributed by atoms with Crippen LogP contribution in [0.2, 0.25) is 0 Å². The van der Waals surface area contributed by atoms with Crippen molar-refractivity contribution in [1.82, 2.24) is 0 Å². The molecule has 0 radical (unpaired) electrons. The molecule has 33 heavy (non-hydrogen) atoms. The summed E-state index contributed by atoms with van der Waals surface area (Å²) >= 11 is 0. The molecular formula is C23H19N3O7. The zero-order valence-electron chi connectivity index (χ0n) is 17.9. The number of amides is 1. The van der Waals surface area contributed by atoms with E-state index in [1.807, 2.05) is 0 Å². The third-order valence-corrected chi connectivity index (χ3v) is 5.24. The van der Waals surface area contributed by atoms with Crippen molar-refractivity contribution in [3.63, 3.8) is 0 Å². The number of fused-ring (bicyclic) bond motifs is 2. The fourth-order valence-corrected chi connectivity index (χ4v) is 3.59. The average Bonchev–Trinajstić information content (AvgIpc) is 2.96. The highest BCUT2D eigenvalue weighted by Crippen LogP contribution is 2.39. The lowest BCUT2D eigenvalue weighted by Gasteiger charge is -2.14. The van der Waals surface area contributed by atoms with Crippen LogP contribution in [-0.4, -0.2) is 38.1 Å². The van der Waals surface area contributed by atoms with Gasteiger partial charge in [-0.25, -0.2) is 4.79 Å². The number of rotatable bonds is 5. The van der Waals surface area contributed by atoms with Crippen LogP contribution >= 0.6 is 0 Å². The fourth-order valence-electron chi connectivity index (χ4n) is 3.59. The molecule has 3 aromatic rings. The minimum Gasteiger partial charge on any atom is -0.496 e. The Labute approximate surface area is 188 Å². The summed E-state index contributed by atoms with van der Waals surface area (Å²) in [5.41, 5.74) is 3.20. The summed E-state index contributed by atoms with van der Waals surface area (Å²) in [4.78, 5) is 35.6. The zero-order chi connectivity index (χ0) is 23.7. The molecule has 0 unspecified atom stereocenters. The van der Waals surface area contributed by atoms with Crippen LogP contribution in [0.5, 0.6) is 11.5 Å². The van der Waals surface area contributed by atoms with Crippen LogP contribution in [0.25, 0.3) is 11.1 Å². The molecule has 10 nitrogen and oxygen atoms in total. The van der Waals surface area contributed by atoms with Crippen LogP contribution in [0.4, 0.5) is 22.7 Å². The molecule has 1 aliphatic rings. The number of nitrogens with one attached hydrogen (secondary N) is 2. The van der Waals surface area contributed by atoms with Crippen LogP contribution in [0.15, 0.2) is 48.5 Å². The Morgan fingerprint density at radius 2 is 1.52 bits per heavy atom. The molecule has 168 valence electrons. The summed E-state index contributed by atoms with van der Waals surface area (Å²) < 4.78 is 15.3. The van der Waals surface area contributed by atoms with E-state index in [0.717, 1.165) is 0 Å². The third kappa shape index (κ3) is 3.89. The SMILES string of the molecule is COC(=O)c1cc2c(cc1OC)Nc1cc(-c3ccc([N+](=O)[O-])c(OC)c3)ccc1C(=O)N2. The van der Waals surface area contributed by atoms with Crippen molar-refractivity contribution in [2.24, 2.45) is 0 Å². The van der Waals surface area contributed by atoms with Gasteiger partial charge in [-0.15, -0.1) is 0 Å². The summed E-state index contributed by atoms with van der Waals surface area (Å²) in [6.45, 7) is 0. The predicted molar refractivity (Wildman–Crippen MR) is 121 cm³/mol. The molecule has 4 rings (SSSR count). The number of carbonyl (C=O) groups is 2. The number of benzene rings is 3. The number of nitrogens with zero attached hydrogens (tertiary/aromatic N) is 1. The molecule has 1 aliphatic heterocycles. The normalized spacial score (nSPS) is 11.8. The topological polar surface area (TPSA) is 129 Å². The van der Waals surface area contributed by atoms with Crippen molar-refractivity contribution in [3.8, 4) is 22.6 Å². The Kier molecular flexibility index (Phi) is 5.57. The van der Waals surface area contributed by atoms with E-state index in [0.29, 0.717) is 33.8 Å². The number of nitro groups is 1. The molecule has 1 heterocycles. The van der Waals surface area contributed by atoms with Gasteiger partial charge in [0, 0.05) is 12.1 Å². The highest BCUT2D eigenvalue weighted by atomic mass is 16.6. The lowest BCUT2D eigenvalue weighted by molar-refractivity contribution is -0.385. The van der Waals surface area contributed by atoms with Gasteiger partial charge in [-0.2, -0.15) is 0 Å². The van der Waals surface area contributed by atoms with Crippen molar-refractivity contribution < 1.29 is 28.7 Å². The first kappa shape index (κ1) is 21.6. The molecule has 0 bridgehead atoms. The predicted octanol–water partition coefficient (Wildman–Crippen LogP) is 4.37. The van der Waals surface area contributed by atoms with Gasteiger partial charge >= 0.3 is 11.7 Å². The van der Waals surface area contributed by atoms with E-state index in [1.54, 1.807) is 36.4 Å². The van der Waals surface area contributed by atoms with E-state index in [9.17, 15) is 19.7 Å². The van der Waals surface area contributed by atoms with Crippen LogP contribution in [0.3, 0.4) is 0 Å². The van der Waals surface area contributed by atoms with Gasteiger partial charge < -0.3 is 24.8 Å². The van der Waals surface area contributed by atoms with Crippen molar-refractivity contribution in [2.75, 3.05) is 32.0 Å². The number of nitro benzene ring substituents is 1. The molecule has 0 aliphatic carbocycles. The second-order valence-corrected chi connectivity index (χ2v) is 7.07. The van der Waals surface area contributed by atoms with Gasteiger partial charge in [0.15, 0.2) is 5.75 Å². The van der Waals surface area contributed by atoms with Gasteiger partial charge in [0.25, 0.3) is 5.91 Å². The van der Waals surface area contributed by atoms with Gasteiger partial charge in [0.05, 0.1) is 48.9 Å². The van der Waals surface area contributed by atoms with Gasteiger partial charge in [0.2, 0.25) is 0 Å². The largest absolute Gasteiger partial charge is 0.496 e. The number of ether oxygens (including phenoxy) is 3. The molecular weight excluding hydrogens is 430 g/mol. The van der Waals surface area contributed by atoms with Gasteiger partial charge in [0.1, 0.15) is 11.3 Å². The van der Waals surface area contributed by atoms with Crippen LogP contribution in [0, 0.1) is 10.1 Å². The quantitative estimate of drug-likeness (QED) is 0.334. The number of hydrogen-bond acceptors (Lipinski definition) is 8. The molecule has 1 amide bonds. The maximum Gasteiger partial charge on any atom is 0.341 e. The Bertz CT molecular complexity index is 1300. The molecule has 3 aromatic carbocycles. The number of anilines is 3. The monoisotopic (exact) mass is 449 g/mol. The van der Waals surface area contributed by atoms with E-state index >= 15 is 0 Å². The summed E-state index contributed by atoms with van der Waals surface area (Å²) in [5.74, 6) is -0.559. The third-order valence-electron chi connectivity index (χ3n) is 5.24. The highest BCUT2D eigenvalue weighted by molar-refractivity contribution is 6.13. The molecule has 0 saturated carbocycles. The van der Waals surface area contributed by atoms with E-state index in [4.69, 9.17) is 14.2 Å². The van der Waals surface area contributed by atoms with Crippen molar-refractivity contribution in [3.05, 3.63) is 69.8 Å². The first-order valence-corrected chi connectivity index (χ1v) is 9.71. The maximum atomic E-state index is 12.8. The van der Waals surface area contributed by atoms with Crippen molar-refractivity contribution in [2.45, 2.75) is 0 Å². The number of carbonyl (C=O) groups excluding carboxylic acids is 2.